The molecule has 0 unspecified atom stereocenters. The predicted octanol–water partition coefficient (Wildman–Crippen LogP) is 7.34. The van der Waals surface area contributed by atoms with Crippen LogP contribution < -0.4 is 10.4 Å². The molecule has 0 heterocycles. The standard InChI is InChI=1S/C33H46O2Si/c1-8-15-27(24-32-26(4)20-21-30(25(2)3)31(32)22-23-34)35-36(33(5,6)7,28-16-11-9-12-17-28)29-18-13-10-14-19-29/h8-14,16-20,23,25,27,30-32H,1,15,21-22,24H2,2-7H3/t27-,30-,31-,32+/m1/s1. The van der Waals surface area contributed by atoms with Crippen molar-refractivity contribution < 1.29 is 9.22 Å². The van der Waals surface area contributed by atoms with Crippen LogP contribution in [0.25, 0.3) is 0 Å². The second-order valence-electron chi connectivity index (χ2n) is 11.9. The third-order valence-corrected chi connectivity index (χ3v) is 13.4. The first-order valence-corrected chi connectivity index (χ1v) is 15.6. The second kappa shape index (κ2) is 12.3. The minimum absolute atomic E-state index is 0.0298. The lowest BCUT2D eigenvalue weighted by Gasteiger charge is -2.47. The van der Waals surface area contributed by atoms with E-state index in [2.05, 4.69) is 115 Å². The van der Waals surface area contributed by atoms with Gasteiger partial charge in [-0.15, -0.1) is 6.58 Å². The molecule has 4 atom stereocenters. The van der Waals surface area contributed by atoms with Gasteiger partial charge in [0.15, 0.2) is 0 Å². The normalized spacial score (nSPS) is 21.6. The van der Waals surface area contributed by atoms with Gasteiger partial charge in [-0.3, -0.25) is 0 Å². The van der Waals surface area contributed by atoms with Gasteiger partial charge in [0.2, 0.25) is 0 Å². The molecule has 0 aliphatic heterocycles. The highest BCUT2D eigenvalue weighted by Gasteiger charge is 2.51. The fraction of sp³-hybridized carbons (Fsp3) is 0.485. The maximum atomic E-state index is 11.8. The van der Waals surface area contributed by atoms with Crippen LogP contribution in [-0.2, 0) is 9.22 Å². The zero-order valence-electron chi connectivity index (χ0n) is 23.2. The molecule has 0 amide bonds. The van der Waals surface area contributed by atoms with Crippen molar-refractivity contribution in [2.45, 2.75) is 78.4 Å². The van der Waals surface area contributed by atoms with E-state index >= 15 is 0 Å². The average molecular weight is 503 g/mol. The van der Waals surface area contributed by atoms with Crippen molar-refractivity contribution in [2.75, 3.05) is 0 Å². The number of aldehydes is 1. The van der Waals surface area contributed by atoms with Gasteiger partial charge < -0.3 is 9.22 Å². The lowest BCUT2D eigenvalue weighted by atomic mass is 9.65. The minimum atomic E-state index is -2.67. The third-order valence-electron chi connectivity index (χ3n) is 8.29. The Morgan fingerprint density at radius 2 is 1.58 bits per heavy atom. The Morgan fingerprint density at radius 3 is 2.03 bits per heavy atom. The monoisotopic (exact) mass is 502 g/mol. The zero-order chi connectivity index (χ0) is 26.3. The number of carbonyl (C=O) groups excluding carboxylic acids is 1. The third kappa shape index (κ3) is 6.00. The summed E-state index contributed by atoms with van der Waals surface area (Å²) < 4.78 is 7.54. The van der Waals surface area contributed by atoms with Gasteiger partial charge in [0.05, 0.1) is 0 Å². The van der Waals surface area contributed by atoms with E-state index in [1.54, 1.807) is 0 Å². The van der Waals surface area contributed by atoms with Crippen LogP contribution in [0.4, 0.5) is 0 Å². The van der Waals surface area contributed by atoms with Gasteiger partial charge >= 0.3 is 0 Å². The highest BCUT2D eigenvalue weighted by atomic mass is 28.4. The fourth-order valence-corrected chi connectivity index (χ4v) is 11.2. The molecule has 194 valence electrons. The Hall–Kier alpha value is -2.23. The molecule has 0 fully saturated rings. The van der Waals surface area contributed by atoms with Crippen molar-refractivity contribution in [1.29, 1.82) is 0 Å². The molecule has 2 aromatic rings. The predicted molar refractivity (Wildman–Crippen MR) is 156 cm³/mol. The molecule has 2 nitrogen and oxygen atoms in total. The summed E-state index contributed by atoms with van der Waals surface area (Å²) in [6, 6.07) is 21.7. The van der Waals surface area contributed by atoms with Crippen LogP contribution in [0, 0.1) is 23.7 Å². The molecule has 0 spiro atoms. The first kappa shape index (κ1) is 28.3. The molecule has 0 aromatic heterocycles. The van der Waals surface area contributed by atoms with Crippen LogP contribution in [0.15, 0.2) is 85.0 Å². The molecule has 0 radical (unpaired) electrons. The maximum absolute atomic E-state index is 11.8. The molecule has 3 rings (SSSR count). The number of hydrogen-bond donors (Lipinski definition) is 0. The van der Waals surface area contributed by atoms with Gasteiger partial charge in [0.25, 0.3) is 8.32 Å². The van der Waals surface area contributed by atoms with E-state index in [-0.39, 0.29) is 11.1 Å². The van der Waals surface area contributed by atoms with Crippen molar-refractivity contribution in [1.82, 2.24) is 0 Å². The Kier molecular flexibility index (Phi) is 9.71. The van der Waals surface area contributed by atoms with Gasteiger partial charge in [-0.1, -0.05) is 113 Å². The Bertz CT molecular complexity index is 963. The summed E-state index contributed by atoms with van der Waals surface area (Å²) in [4.78, 5) is 11.8. The van der Waals surface area contributed by atoms with Crippen LogP contribution in [-0.4, -0.2) is 20.7 Å². The molecular weight excluding hydrogens is 456 g/mol. The average Bonchev–Trinajstić information content (AvgIpc) is 2.85. The largest absolute Gasteiger partial charge is 0.404 e. The van der Waals surface area contributed by atoms with Gasteiger partial charge in [-0.25, -0.2) is 0 Å². The molecule has 2 aromatic carbocycles. The van der Waals surface area contributed by atoms with Crippen molar-refractivity contribution >= 4 is 25.0 Å². The van der Waals surface area contributed by atoms with E-state index in [9.17, 15) is 4.79 Å². The topological polar surface area (TPSA) is 26.3 Å². The van der Waals surface area contributed by atoms with E-state index in [1.807, 2.05) is 6.08 Å². The van der Waals surface area contributed by atoms with E-state index in [1.165, 1.54) is 15.9 Å². The Morgan fingerprint density at radius 1 is 1.03 bits per heavy atom. The fourth-order valence-electron chi connectivity index (χ4n) is 6.46. The summed E-state index contributed by atoms with van der Waals surface area (Å²) in [5.74, 6) is 1.79. The number of carbonyl (C=O) groups is 1. The van der Waals surface area contributed by atoms with Crippen LogP contribution in [0.1, 0.15) is 67.2 Å². The second-order valence-corrected chi connectivity index (χ2v) is 16.2. The van der Waals surface area contributed by atoms with E-state index in [0.29, 0.717) is 30.1 Å². The Labute approximate surface area is 221 Å². The molecule has 0 saturated heterocycles. The molecule has 0 N–H and O–H groups in total. The highest BCUT2D eigenvalue weighted by Crippen LogP contribution is 2.44. The Balaban J connectivity index is 2.09. The smallest absolute Gasteiger partial charge is 0.261 e. The lowest BCUT2D eigenvalue weighted by molar-refractivity contribution is -0.109. The first-order valence-electron chi connectivity index (χ1n) is 13.7. The summed E-state index contributed by atoms with van der Waals surface area (Å²) in [5, 5.41) is 2.53. The van der Waals surface area contributed by atoms with Gasteiger partial charge in [0.1, 0.15) is 6.29 Å². The van der Waals surface area contributed by atoms with Crippen LogP contribution >= 0.6 is 0 Å². The minimum Gasteiger partial charge on any atom is -0.404 e. The summed E-state index contributed by atoms with van der Waals surface area (Å²) in [6.07, 6.45) is 9.01. The quantitative estimate of drug-likeness (QED) is 0.182. The lowest BCUT2D eigenvalue weighted by Crippen LogP contribution is -2.67. The number of rotatable bonds is 11. The molecule has 36 heavy (non-hydrogen) atoms. The summed E-state index contributed by atoms with van der Waals surface area (Å²) in [5.41, 5.74) is 1.42. The van der Waals surface area contributed by atoms with E-state index in [0.717, 1.165) is 25.5 Å². The van der Waals surface area contributed by atoms with Crippen LogP contribution in [0.3, 0.4) is 0 Å². The molecule has 1 aliphatic rings. The van der Waals surface area contributed by atoms with Crippen LogP contribution in [0.2, 0.25) is 5.04 Å². The molecule has 1 aliphatic carbocycles. The molecule has 3 heteroatoms. The molecule has 0 saturated carbocycles. The van der Waals surface area contributed by atoms with Crippen molar-refractivity contribution in [3.05, 3.63) is 85.0 Å². The van der Waals surface area contributed by atoms with E-state index < -0.39 is 8.32 Å². The van der Waals surface area contributed by atoms with Gasteiger partial charge in [-0.2, -0.15) is 0 Å². The van der Waals surface area contributed by atoms with E-state index in [4.69, 9.17) is 4.43 Å². The number of hydrogen-bond acceptors (Lipinski definition) is 2. The number of allylic oxidation sites excluding steroid dienone is 2. The zero-order valence-corrected chi connectivity index (χ0v) is 24.2. The molecular formula is C33H46O2Si. The van der Waals surface area contributed by atoms with Crippen LogP contribution in [0.5, 0.6) is 0 Å². The van der Waals surface area contributed by atoms with Gasteiger partial charge in [-0.05, 0) is 65.3 Å². The van der Waals surface area contributed by atoms with Gasteiger partial charge in [0, 0.05) is 12.5 Å². The summed E-state index contributed by atoms with van der Waals surface area (Å²) in [7, 11) is -2.67. The maximum Gasteiger partial charge on any atom is 0.261 e. The summed E-state index contributed by atoms with van der Waals surface area (Å²) >= 11 is 0. The first-order chi connectivity index (χ1) is 17.2. The SMILES string of the molecule is C=CC[C@H](C[C@H]1C(C)=CC[C@H](C(C)C)[C@H]1CC=O)O[Si](c1ccccc1)(c1ccccc1)C(C)(C)C. The highest BCUT2D eigenvalue weighted by molar-refractivity contribution is 6.99. The number of benzene rings is 2. The molecule has 0 bridgehead atoms. The summed E-state index contributed by atoms with van der Waals surface area (Å²) in [6.45, 7) is 18.0. The van der Waals surface area contributed by atoms with Crippen molar-refractivity contribution in [2.24, 2.45) is 23.7 Å². The van der Waals surface area contributed by atoms with Crippen molar-refractivity contribution in [3.63, 3.8) is 0 Å². The van der Waals surface area contributed by atoms with Crippen molar-refractivity contribution in [3.8, 4) is 0 Å².